The van der Waals surface area contributed by atoms with Gasteiger partial charge < -0.3 is 24.2 Å². The molecule has 0 bridgehead atoms. The van der Waals surface area contributed by atoms with Crippen molar-refractivity contribution in [3.63, 3.8) is 0 Å². The monoisotopic (exact) mass is 478 g/mol. The van der Waals surface area contributed by atoms with Crippen LogP contribution in [0.3, 0.4) is 0 Å². The summed E-state index contributed by atoms with van der Waals surface area (Å²) in [6.07, 6.45) is 4.36. The maximum absolute atomic E-state index is 13.3. The summed E-state index contributed by atoms with van der Waals surface area (Å²) in [4.78, 5) is 31.6. The Morgan fingerprint density at radius 3 is 2.89 bits per heavy atom. The highest BCUT2D eigenvalue weighted by molar-refractivity contribution is 5.93. The van der Waals surface area contributed by atoms with Crippen molar-refractivity contribution >= 4 is 11.8 Å². The van der Waals surface area contributed by atoms with Gasteiger partial charge in [0.15, 0.2) is 11.5 Å². The van der Waals surface area contributed by atoms with Gasteiger partial charge in [0.25, 0.3) is 5.91 Å². The molecule has 0 spiro atoms. The molecule has 0 radical (unpaired) electrons. The molecule has 35 heavy (non-hydrogen) atoms. The number of hydrogen-bond acceptors (Lipinski definition) is 7. The molecule has 1 aliphatic rings. The number of amides is 2. The fraction of sp³-hybridized carbons (Fsp3) is 0.385. The fourth-order valence-electron chi connectivity index (χ4n) is 3.96. The largest absolute Gasteiger partial charge is 0.497 e. The summed E-state index contributed by atoms with van der Waals surface area (Å²) < 4.78 is 16.4. The number of pyridine rings is 1. The first-order valence-electron chi connectivity index (χ1n) is 11.8. The van der Waals surface area contributed by atoms with Gasteiger partial charge in [-0.1, -0.05) is 23.4 Å². The van der Waals surface area contributed by atoms with Gasteiger partial charge in [-0.25, -0.2) is 0 Å². The van der Waals surface area contributed by atoms with Crippen LogP contribution in [0.25, 0.3) is 11.3 Å². The van der Waals surface area contributed by atoms with Gasteiger partial charge in [0.2, 0.25) is 5.91 Å². The summed E-state index contributed by atoms with van der Waals surface area (Å²) >= 11 is 0. The van der Waals surface area contributed by atoms with Crippen molar-refractivity contribution in [2.75, 3.05) is 33.4 Å². The van der Waals surface area contributed by atoms with Crippen molar-refractivity contribution in [2.24, 2.45) is 0 Å². The Morgan fingerprint density at radius 1 is 1.20 bits per heavy atom. The Bertz CT molecular complexity index is 1110. The van der Waals surface area contributed by atoms with Gasteiger partial charge in [-0.05, 0) is 37.1 Å². The second-order valence-corrected chi connectivity index (χ2v) is 8.37. The number of benzene rings is 1. The van der Waals surface area contributed by atoms with Crippen LogP contribution < -0.4 is 10.1 Å². The molecule has 3 aromatic rings. The molecule has 2 aromatic heterocycles. The van der Waals surface area contributed by atoms with Gasteiger partial charge in [0, 0.05) is 62.6 Å². The highest BCUT2D eigenvalue weighted by atomic mass is 16.5. The van der Waals surface area contributed by atoms with Crippen LogP contribution in [0.1, 0.15) is 35.4 Å². The third-order valence-corrected chi connectivity index (χ3v) is 5.86. The van der Waals surface area contributed by atoms with Crippen LogP contribution in [-0.2, 0) is 16.0 Å². The van der Waals surface area contributed by atoms with Crippen molar-refractivity contribution < 1.29 is 23.6 Å². The Labute approximate surface area is 204 Å². The first-order valence-corrected chi connectivity index (χ1v) is 11.8. The summed E-state index contributed by atoms with van der Waals surface area (Å²) in [6.45, 7) is 1.84. The minimum absolute atomic E-state index is 0.0454. The van der Waals surface area contributed by atoms with E-state index in [4.69, 9.17) is 14.0 Å². The maximum Gasteiger partial charge on any atom is 0.276 e. The van der Waals surface area contributed by atoms with Crippen molar-refractivity contribution in [1.82, 2.24) is 20.4 Å². The van der Waals surface area contributed by atoms with Crippen molar-refractivity contribution in [3.8, 4) is 17.1 Å². The van der Waals surface area contributed by atoms with Crippen LogP contribution >= 0.6 is 0 Å². The Balaban J connectivity index is 1.37. The summed E-state index contributed by atoms with van der Waals surface area (Å²) in [5, 5.41) is 6.90. The molecule has 9 heteroatoms. The summed E-state index contributed by atoms with van der Waals surface area (Å²) in [5.74, 6) is 0.736. The molecule has 1 aliphatic heterocycles. The molecule has 1 N–H and O–H groups in total. The lowest BCUT2D eigenvalue weighted by molar-refractivity contribution is -0.121. The summed E-state index contributed by atoms with van der Waals surface area (Å²) in [6, 6.07) is 14.7. The Morgan fingerprint density at radius 2 is 2.11 bits per heavy atom. The van der Waals surface area contributed by atoms with E-state index in [1.54, 1.807) is 24.3 Å². The zero-order valence-corrected chi connectivity index (χ0v) is 19.8. The second kappa shape index (κ2) is 12.1. The molecule has 1 saturated heterocycles. The number of nitrogens with zero attached hydrogens (tertiary/aromatic N) is 3. The van der Waals surface area contributed by atoms with Crippen molar-refractivity contribution in [1.29, 1.82) is 0 Å². The van der Waals surface area contributed by atoms with E-state index >= 15 is 0 Å². The zero-order chi connectivity index (χ0) is 24.5. The molecule has 4 rings (SSSR count). The number of rotatable bonds is 11. The number of nitrogens with one attached hydrogen (secondary N) is 1. The summed E-state index contributed by atoms with van der Waals surface area (Å²) in [5.41, 5.74) is 1.87. The zero-order valence-electron chi connectivity index (χ0n) is 19.8. The standard InChI is InChI=1S/C26H30N4O5/c1-33-21-8-4-6-19(16-21)24-17-23(29-35-24)26(32)30(18-22-9-5-15-34-22)14-11-25(31)28-13-10-20-7-2-3-12-27-20/h2-4,6-8,12,16-17,22H,5,9-11,13-15,18H2,1H3,(H,28,31)/t22-/m1/s1. The van der Waals surface area contributed by atoms with E-state index in [0.29, 0.717) is 37.6 Å². The van der Waals surface area contributed by atoms with Crippen LogP contribution in [0.2, 0.25) is 0 Å². The van der Waals surface area contributed by atoms with E-state index in [1.807, 2.05) is 42.5 Å². The first kappa shape index (κ1) is 24.4. The molecular weight excluding hydrogens is 448 g/mol. The Hall–Kier alpha value is -3.72. The van der Waals surface area contributed by atoms with Crippen LogP contribution in [-0.4, -0.2) is 66.3 Å². The minimum atomic E-state index is -0.292. The van der Waals surface area contributed by atoms with Gasteiger partial charge >= 0.3 is 0 Å². The maximum atomic E-state index is 13.3. The molecule has 1 fully saturated rings. The Kier molecular flexibility index (Phi) is 8.45. The van der Waals surface area contributed by atoms with Gasteiger partial charge in [-0.15, -0.1) is 0 Å². The average Bonchev–Trinajstić information content (AvgIpc) is 3.59. The number of methoxy groups -OCH3 is 1. The third-order valence-electron chi connectivity index (χ3n) is 5.86. The van der Waals surface area contributed by atoms with Crippen LogP contribution in [0.15, 0.2) is 59.3 Å². The van der Waals surface area contributed by atoms with E-state index in [2.05, 4.69) is 15.5 Å². The lowest BCUT2D eigenvalue weighted by Crippen LogP contribution is -2.40. The number of ether oxygens (including phenoxy) is 2. The van der Waals surface area contributed by atoms with E-state index < -0.39 is 0 Å². The number of aromatic nitrogens is 2. The van der Waals surface area contributed by atoms with Gasteiger partial charge in [-0.2, -0.15) is 0 Å². The highest BCUT2D eigenvalue weighted by Gasteiger charge is 2.26. The van der Waals surface area contributed by atoms with E-state index in [1.165, 1.54) is 0 Å². The molecule has 0 aliphatic carbocycles. The molecule has 184 valence electrons. The second-order valence-electron chi connectivity index (χ2n) is 8.37. The molecule has 1 aromatic carbocycles. The number of carbonyl (C=O) groups excluding carboxylic acids is 2. The molecule has 0 unspecified atom stereocenters. The predicted molar refractivity (Wildman–Crippen MR) is 129 cm³/mol. The van der Waals surface area contributed by atoms with Crippen LogP contribution in [0, 0.1) is 0 Å². The first-order chi connectivity index (χ1) is 17.1. The van der Waals surface area contributed by atoms with E-state index in [9.17, 15) is 9.59 Å². The number of hydrogen-bond donors (Lipinski definition) is 1. The smallest absolute Gasteiger partial charge is 0.276 e. The quantitative estimate of drug-likeness (QED) is 0.451. The average molecular weight is 479 g/mol. The molecule has 3 heterocycles. The lowest BCUT2D eigenvalue weighted by Gasteiger charge is -2.24. The van der Waals surface area contributed by atoms with Crippen LogP contribution in [0.5, 0.6) is 5.75 Å². The topological polar surface area (TPSA) is 107 Å². The van der Waals surface area contributed by atoms with Gasteiger partial charge in [0.1, 0.15) is 5.75 Å². The molecule has 9 nitrogen and oxygen atoms in total. The molecule has 0 saturated carbocycles. The lowest BCUT2D eigenvalue weighted by atomic mass is 10.1. The number of carbonyl (C=O) groups is 2. The van der Waals surface area contributed by atoms with E-state index in [0.717, 1.165) is 24.1 Å². The third kappa shape index (κ3) is 6.89. The highest BCUT2D eigenvalue weighted by Crippen LogP contribution is 2.25. The molecule has 2 amide bonds. The molecule has 1 atom stereocenters. The summed E-state index contributed by atoms with van der Waals surface area (Å²) in [7, 11) is 1.59. The normalized spacial score (nSPS) is 15.1. The molecular formula is C26H30N4O5. The van der Waals surface area contributed by atoms with Crippen LogP contribution in [0.4, 0.5) is 0 Å². The van der Waals surface area contributed by atoms with Crippen molar-refractivity contribution in [2.45, 2.75) is 31.8 Å². The van der Waals surface area contributed by atoms with Crippen molar-refractivity contribution in [3.05, 3.63) is 66.1 Å². The predicted octanol–water partition coefficient (Wildman–Crippen LogP) is 3.12. The SMILES string of the molecule is COc1cccc(-c2cc(C(=O)N(CCC(=O)NCCc3ccccn3)C[C@H]3CCCO3)no2)c1. The minimum Gasteiger partial charge on any atom is -0.497 e. The van der Waals surface area contributed by atoms with Gasteiger partial charge in [0.05, 0.1) is 13.2 Å². The fourth-order valence-corrected chi connectivity index (χ4v) is 3.96. The van der Waals surface area contributed by atoms with Gasteiger partial charge in [-0.3, -0.25) is 14.6 Å². The van der Waals surface area contributed by atoms with E-state index in [-0.39, 0.29) is 36.6 Å².